The fourth-order valence-corrected chi connectivity index (χ4v) is 2.57. The van der Waals surface area contributed by atoms with Gasteiger partial charge in [0.25, 0.3) is 0 Å². The highest BCUT2D eigenvalue weighted by atomic mass is 15.1. The molecule has 4 heteroatoms. The number of aromatic nitrogens is 1. The van der Waals surface area contributed by atoms with Crippen molar-refractivity contribution in [1.29, 1.82) is 0 Å². The highest BCUT2D eigenvalue weighted by Gasteiger charge is 2.13. The van der Waals surface area contributed by atoms with Gasteiger partial charge in [-0.3, -0.25) is 4.98 Å². The number of hydrogen-bond donors (Lipinski definition) is 1. The predicted octanol–water partition coefficient (Wildman–Crippen LogP) is 2.39. The van der Waals surface area contributed by atoms with Crippen LogP contribution in [0.25, 0.3) is 10.9 Å². The molecule has 2 rings (SSSR count). The third-order valence-electron chi connectivity index (χ3n) is 3.59. The van der Waals surface area contributed by atoms with Crippen LogP contribution in [0.15, 0.2) is 18.2 Å². The van der Waals surface area contributed by atoms with Crippen LogP contribution in [0.5, 0.6) is 0 Å². The molecule has 0 unspecified atom stereocenters. The van der Waals surface area contributed by atoms with Gasteiger partial charge in [-0.15, -0.1) is 0 Å². The fraction of sp³-hybridized carbons (Fsp3) is 0.438. The maximum absolute atomic E-state index is 4.80. The van der Waals surface area contributed by atoms with Gasteiger partial charge in [-0.25, -0.2) is 0 Å². The first kappa shape index (κ1) is 14.6. The number of anilines is 2. The Hall–Kier alpha value is -1.81. The Morgan fingerprint density at radius 3 is 2.35 bits per heavy atom. The standard InChI is InChI=1S/C16H24N4/c1-11-15(10-17-2)18-14-8-7-12(19(3)4)9-13(14)16(11)20(5)6/h7-9,17H,10H2,1-6H3. The van der Waals surface area contributed by atoms with Gasteiger partial charge in [0.05, 0.1) is 16.9 Å². The number of rotatable bonds is 4. The molecule has 1 N–H and O–H groups in total. The summed E-state index contributed by atoms with van der Waals surface area (Å²) < 4.78 is 0. The molecule has 0 atom stereocenters. The Balaban J connectivity index is 2.76. The fourth-order valence-electron chi connectivity index (χ4n) is 2.57. The molecule has 1 aromatic carbocycles. The van der Waals surface area contributed by atoms with E-state index in [0.29, 0.717) is 0 Å². The van der Waals surface area contributed by atoms with Crippen LogP contribution in [-0.4, -0.2) is 40.2 Å². The molecule has 0 aliphatic rings. The van der Waals surface area contributed by atoms with E-state index >= 15 is 0 Å². The van der Waals surface area contributed by atoms with E-state index in [9.17, 15) is 0 Å². The second-order valence-electron chi connectivity index (χ2n) is 5.55. The quantitative estimate of drug-likeness (QED) is 0.926. The smallest absolute Gasteiger partial charge is 0.0728 e. The average Bonchev–Trinajstić information content (AvgIpc) is 2.38. The Morgan fingerprint density at radius 1 is 1.10 bits per heavy atom. The molecule has 0 amide bonds. The number of fused-ring (bicyclic) bond motifs is 1. The van der Waals surface area contributed by atoms with Gasteiger partial charge in [0.2, 0.25) is 0 Å². The summed E-state index contributed by atoms with van der Waals surface area (Å²) in [5, 5.41) is 4.40. The van der Waals surface area contributed by atoms with Crippen LogP contribution < -0.4 is 15.1 Å². The molecule has 0 spiro atoms. The summed E-state index contributed by atoms with van der Waals surface area (Å²) in [5.74, 6) is 0. The van der Waals surface area contributed by atoms with E-state index in [0.717, 1.165) is 17.8 Å². The Labute approximate surface area is 121 Å². The van der Waals surface area contributed by atoms with Crippen molar-refractivity contribution in [3.05, 3.63) is 29.5 Å². The molecule has 1 aromatic heterocycles. The third kappa shape index (κ3) is 2.56. The molecular weight excluding hydrogens is 248 g/mol. The summed E-state index contributed by atoms with van der Waals surface area (Å²) in [4.78, 5) is 9.10. The van der Waals surface area contributed by atoms with Gasteiger partial charge in [0.15, 0.2) is 0 Å². The highest BCUT2D eigenvalue weighted by molar-refractivity contribution is 5.95. The van der Waals surface area contributed by atoms with Gasteiger partial charge in [0.1, 0.15) is 0 Å². The molecule has 1 heterocycles. The lowest BCUT2D eigenvalue weighted by Gasteiger charge is -2.22. The van der Waals surface area contributed by atoms with Gasteiger partial charge < -0.3 is 15.1 Å². The summed E-state index contributed by atoms with van der Waals surface area (Å²) >= 11 is 0. The van der Waals surface area contributed by atoms with Crippen LogP contribution in [0, 0.1) is 6.92 Å². The first-order valence-corrected chi connectivity index (χ1v) is 6.88. The van der Waals surface area contributed by atoms with E-state index in [4.69, 9.17) is 4.98 Å². The van der Waals surface area contributed by atoms with E-state index in [-0.39, 0.29) is 0 Å². The van der Waals surface area contributed by atoms with Crippen molar-refractivity contribution in [3.8, 4) is 0 Å². The van der Waals surface area contributed by atoms with Crippen LogP contribution in [0.3, 0.4) is 0 Å². The lowest BCUT2D eigenvalue weighted by atomic mass is 10.0. The Kier molecular flexibility index (Phi) is 4.14. The van der Waals surface area contributed by atoms with Crippen molar-refractivity contribution in [2.24, 2.45) is 0 Å². The molecule has 4 nitrogen and oxygen atoms in total. The Morgan fingerprint density at radius 2 is 1.80 bits per heavy atom. The monoisotopic (exact) mass is 272 g/mol. The van der Waals surface area contributed by atoms with Gasteiger partial charge in [0, 0.05) is 45.8 Å². The minimum Gasteiger partial charge on any atom is -0.378 e. The number of nitrogens with one attached hydrogen (secondary N) is 1. The van der Waals surface area contributed by atoms with Crippen LogP contribution in [0.4, 0.5) is 11.4 Å². The molecular formula is C16H24N4. The van der Waals surface area contributed by atoms with E-state index in [2.05, 4.69) is 68.4 Å². The van der Waals surface area contributed by atoms with Gasteiger partial charge >= 0.3 is 0 Å². The second-order valence-corrected chi connectivity index (χ2v) is 5.55. The lowest BCUT2D eigenvalue weighted by Crippen LogP contribution is -2.16. The van der Waals surface area contributed by atoms with Crippen molar-refractivity contribution in [2.45, 2.75) is 13.5 Å². The van der Waals surface area contributed by atoms with Gasteiger partial charge in [-0.1, -0.05) is 0 Å². The van der Waals surface area contributed by atoms with Crippen LogP contribution in [0.1, 0.15) is 11.3 Å². The predicted molar refractivity (Wildman–Crippen MR) is 87.9 cm³/mol. The zero-order chi connectivity index (χ0) is 14.9. The molecule has 0 saturated carbocycles. The molecule has 108 valence electrons. The normalized spacial score (nSPS) is 10.9. The van der Waals surface area contributed by atoms with E-state index in [1.807, 2.05) is 7.05 Å². The molecule has 0 saturated heterocycles. The second kappa shape index (κ2) is 5.67. The van der Waals surface area contributed by atoms with Crippen LogP contribution in [0.2, 0.25) is 0 Å². The Bertz CT molecular complexity index is 617. The lowest BCUT2D eigenvalue weighted by molar-refractivity contribution is 0.788. The molecule has 0 aliphatic carbocycles. The van der Waals surface area contributed by atoms with E-state index < -0.39 is 0 Å². The molecule has 0 bridgehead atoms. The van der Waals surface area contributed by atoms with Crippen molar-refractivity contribution in [3.63, 3.8) is 0 Å². The first-order valence-electron chi connectivity index (χ1n) is 6.88. The summed E-state index contributed by atoms with van der Waals surface area (Å²) in [6, 6.07) is 6.44. The number of pyridine rings is 1. The zero-order valence-electron chi connectivity index (χ0n) is 13.3. The summed E-state index contributed by atoms with van der Waals surface area (Å²) in [6.07, 6.45) is 0. The summed E-state index contributed by atoms with van der Waals surface area (Å²) in [6.45, 7) is 2.94. The van der Waals surface area contributed by atoms with E-state index in [1.54, 1.807) is 0 Å². The SMILES string of the molecule is CNCc1nc2ccc(N(C)C)cc2c(N(C)C)c1C. The topological polar surface area (TPSA) is 31.4 Å². The largest absolute Gasteiger partial charge is 0.378 e. The van der Waals surface area contributed by atoms with Gasteiger partial charge in [-0.05, 0) is 37.7 Å². The minimum absolute atomic E-state index is 0.790. The van der Waals surface area contributed by atoms with Gasteiger partial charge in [-0.2, -0.15) is 0 Å². The van der Waals surface area contributed by atoms with Crippen molar-refractivity contribution < 1.29 is 0 Å². The maximum atomic E-state index is 4.80. The average molecular weight is 272 g/mol. The van der Waals surface area contributed by atoms with E-state index in [1.165, 1.54) is 22.3 Å². The molecule has 20 heavy (non-hydrogen) atoms. The number of hydrogen-bond acceptors (Lipinski definition) is 4. The van der Waals surface area contributed by atoms with Crippen molar-refractivity contribution >= 4 is 22.3 Å². The summed E-state index contributed by atoms with van der Waals surface area (Å²) in [7, 11) is 10.3. The highest BCUT2D eigenvalue weighted by Crippen LogP contribution is 2.32. The van der Waals surface area contributed by atoms with Crippen LogP contribution in [-0.2, 0) is 6.54 Å². The molecule has 2 aromatic rings. The number of benzene rings is 1. The summed E-state index contributed by atoms with van der Waals surface area (Å²) in [5.41, 5.74) is 5.86. The van der Waals surface area contributed by atoms with Crippen molar-refractivity contribution in [1.82, 2.24) is 10.3 Å². The third-order valence-corrected chi connectivity index (χ3v) is 3.59. The number of nitrogens with zero attached hydrogens (tertiary/aromatic N) is 3. The molecule has 0 radical (unpaired) electrons. The van der Waals surface area contributed by atoms with Crippen molar-refractivity contribution in [2.75, 3.05) is 45.0 Å². The maximum Gasteiger partial charge on any atom is 0.0728 e. The van der Waals surface area contributed by atoms with Crippen LogP contribution >= 0.6 is 0 Å². The zero-order valence-corrected chi connectivity index (χ0v) is 13.3. The molecule has 0 fully saturated rings. The molecule has 0 aliphatic heterocycles. The first-order chi connectivity index (χ1) is 9.45. The minimum atomic E-state index is 0.790.